The van der Waals surface area contributed by atoms with Crippen LogP contribution in [-0.4, -0.2) is 22.1 Å². The summed E-state index contributed by atoms with van der Waals surface area (Å²) in [5, 5.41) is 0.943. The summed E-state index contributed by atoms with van der Waals surface area (Å²) < 4.78 is 6.42. The number of ether oxygens (including phenoxy) is 1. The number of hydrogen-bond acceptors (Lipinski definition) is 3. The zero-order valence-electron chi connectivity index (χ0n) is 16.3. The Kier molecular flexibility index (Phi) is 3.53. The van der Waals surface area contributed by atoms with Crippen molar-refractivity contribution >= 4 is 17.7 Å². The molecule has 0 aromatic carbocycles. The van der Waals surface area contributed by atoms with Gasteiger partial charge >= 0.3 is 5.97 Å². The zero-order chi connectivity index (χ0) is 17.6. The Morgan fingerprint density at radius 2 is 1.72 bits per heavy atom. The number of rotatable bonds is 1. The van der Waals surface area contributed by atoms with Crippen LogP contribution in [0.1, 0.15) is 79.1 Å². The van der Waals surface area contributed by atoms with Crippen molar-refractivity contribution in [3.05, 3.63) is 0 Å². The van der Waals surface area contributed by atoms with E-state index in [0.717, 1.165) is 35.3 Å². The van der Waals surface area contributed by atoms with Gasteiger partial charge in [0.15, 0.2) is 0 Å². The summed E-state index contributed by atoms with van der Waals surface area (Å²) in [6.07, 6.45) is 11.0. The molecule has 4 aliphatic carbocycles. The molecule has 0 N–H and O–H groups in total. The van der Waals surface area contributed by atoms with Crippen LogP contribution in [0, 0.1) is 34.5 Å². The Hall–Kier alpha value is -0.180. The van der Waals surface area contributed by atoms with Crippen LogP contribution < -0.4 is 0 Å². The lowest BCUT2D eigenvalue weighted by molar-refractivity contribution is -0.161. The minimum atomic E-state index is -0.0815. The Balaban J connectivity index is 1.41. The smallest absolute Gasteiger partial charge is 0.302 e. The zero-order valence-corrected chi connectivity index (χ0v) is 17.2. The highest BCUT2D eigenvalue weighted by Gasteiger charge is 2.66. The van der Waals surface area contributed by atoms with Crippen LogP contribution in [0.4, 0.5) is 0 Å². The summed E-state index contributed by atoms with van der Waals surface area (Å²) in [6.45, 7) is 9.21. The van der Waals surface area contributed by atoms with Crippen molar-refractivity contribution in [1.82, 2.24) is 0 Å². The lowest BCUT2D eigenvalue weighted by atomic mass is 9.44. The third-order valence-corrected chi connectivity index (χ3v) is 11.3. The lowest BCUT2D eigenvalue weighted by Crippen LogP contribution is -2.55. The molecule has 0 amide bonds. The van der Waals surface area contributed by atoms with E-state index in [9.17, 15) is 4.79 Å². The van der Waals surface area contributed by atoms with Crippen LogP contribution in [-0.2, 0) is 9.53 Å². The van der Waals surface area contributed by atoms with Gasteiger partial charge in [-0.3, -0.25) is 4.79 Å². The molecule has 0 bridgehead atoms. The molecule has 0 aromatic rings. The largest absolute Gasteiger partial charge is 0.462 e. The summed E-state index contributed by atoms with van der Waals surface area (Å²) in [7, 11) is 0. The second-order valence-electron chi connectivity index (χ2n) is 10.7. The van der Waals surface area contributed by atoms with Gasteiger partial charge in [-0.05, 0) is 87.4 Å². The first-order valence-electron chi connectivity index (χ1n) is 10.6. The van der Waals surface area contributed by atoms with E-state index in [-0.39, 0.29) is 17.5 Å². The highest BCUT2D eigenvalue weighted by molar-refractivity contribution is 8.08. The van der Waals surface area contributed by atoms with Gasteiger partial charge in [-0.15, -0.1) is 11.8 Å². The maximum atomic E-state index is 11.6. The molecular weight excluding hydrogens is 328 g/mol. The molecule has 140 valence electrons. The molecule has 9 atom stereocenters. The summed E-state index contributed by atoms with van der Waals surface area (Å²) in [5.74, 6) is 3.47. The molecule has 0 aromatic heterocycles. The van der Waals surface area contributed by atoms with Crippen LogP contribution in [0.5, 0.6) is 0 Å². The van der Waals surface area contributed by atoms with Gasteiger partial charge in [0.1, 0.15) is 6.10 Å². The van der Waals surface area contributed by atoms with E-state index in [2.05, 4.69) is 32.5 Å². The first kappa shape index (κ1) is 17.0. The van der Waals surface area contributed by atoms with Gasteiger partial charge in [0.05, 0.1) is 0 Å². The Morgan fingerprint density at radius 3 is 2.48 bits per heavy atom. The van der Waals surface area contributed by atoms with Gasteiger partial charge in [0.25, 0.3) is 0 Å². The van der Waals surface area contributed by atoms with Gasteiger partial charge in [-0.25, -0.2) is 0 Å². The first-order chi connectivity index (χ1) is 11.8. The Morgan fingerprint density at radius 1 is 0.960 bits per heavy atom. The summed E-state index contributed by atoms with van der Waals surface area (Å²) in [5.41, 5.74) is 0.824. The van der Waals surface area contributed by atoms with Gasteiger partial charge in [0.2, 0.25) is 0 Å². The third kappa shape index (κ3) is 2.26. The van der Waals surface area contributed by atoms with Crippen LogP contribution in [0.15, 0.2) is 0 Å². The average molecular weight is 363 g/mol. The molecule has 5 fully saturated rings. The minimum absolute atomic E-state index is 0.0815. The molecule has 5 aliphatic rings. The molecule has 2 nitrogen and oxygen atoms in total. The third-order valence-electron chi connectivity index (χ3n) is 9.60. The number of carbonyl (C=O) groups is 1. The quantitative estimate of drug-likeness (QED) is 0.458. The van der Waals surface area contributed by atoms with Gasteiger partial charge in [-0.2, -0.15) is 0 Å². The summed E-state index contributed by atoms with van der Waals surface area (Å²) in [4.78, 5) is 11.6. The summed E-state index contributed by atoms with van der Waals surface area (Å²) in [6, 6.07) is 0. The fourth-order valence-corrected chi connectivity index (χ4v) is 9.65. The van der Waals surface area contributed by atoms with Gasteiger partial charge in [-0.1, -0.05) is 13.8 Å². The predicted molar refractivity (Wildman–Crippen MR) is 102 cm³/mol. The normalized spacial score (nSPS) is 59.2. The van der Waals surface area contributed by atoms with E-state index in [4.69, 9.17) is 4.74 Å². The van der Waals surface area contributed by atoms with Gasteiger partial charge < -0.3 is 4.74 Å². The topological polar surface area (TPSA) is 26.3 Å². The number of thioether (sulfide) groups is 1. The Labute approximate surface area is 157 Å². The molecule has 1 saturated heterocycles. The lowest BCUT2D eigenvalue weighted by Gasteiger charge is -2.60. The van der Waals surface area contributed by atoms with Crippen LogP contribution in [0.2, 0.25) is 0 Å². The van der Waals surface area contributed by atoms with Crippen LogP contribution >= 0.6 is 11.8 Å². The molecule has 0 spiro atoms. The fourth-order valence-electron chi connectivity index (χ4n) is 8.15. The fraction of sp³-hybridized carbons (Fsp3) is 0.955. The van der Waals surface area contributed by atoms with Crippen molar-refractivity contribution in [3.63, 3.8) is 0 Å². The maximum Gasteiger partial charge on any atom is 0.302 e. The van der Waals surface area contributed by atoms with E-state index < -0.39 is 0 Å². The maximum absolute atomic E-state index is 11.6. The second-order valence-corrected chi connectivity index (χ2v) is 12.4. The first-order valence-corrected chi connectivity index (χ1v) is 11.5. The van der Waals surface area contributed by atoms with Crippen molar-refractivity contribution in [2.24, 2.45) is 34.5 Å². The van der Waals surface area contributed by atoms with E-state index in [1.165, 1.54) is 44.9 Å². The molecule has 3 heteroatoms. The van der Waals surface area contributed by atoms with Crippen molar-refractivity contribution < 1.29 is 9.53 Å². The predicted octanol–water partition coefficient (Wildman–Crippen LogP) is 5.44. The SMILES string of the molecule is CC(=O)O[C@H]1CC[C@H]2[C@@H]3CC[C@H]4C[C@]5(C)S[C@@H]5C[C@]4(C)[C@H]3CC[C@]12C. The van der Waals surface area contributed by atoms with Crippen molar-refractivity contribution in [3.8, 4) is 0 Å². The molecular formula is C22H34O2S. The highest BCUT2D eigenvalue weighted by atomic mass is 32.2. The standard InChI is InChI=1S/C22H34O2S/c1-13(23)24-18-8-7-16-15-6-5-14-11-22(4)19(25-22)12-21(14,3)17(15)9-10-20(16,18)2/h14-19H,5-12H2,1-4H3/t14-,15-,16-,17-,18-,19+,20-,21-,22-/m0/s1. The van der Waals surface area contributed by atoms with Crippen molar-refractivity contribution in [2.45, 2.75) is 95.2 Å². The van der Waals surface area contributed by atoms with Crippen molar-refractivity contribution in [2.75, 3.05) is 0 Å². The van der Waals surface area contributed by atoms with E-state index >= 15 is 0 Å². The number of esters is 1. The number of fused-ring (bicyclic) bond motifs is 6. The van der Waals surface area contributed by atoms with Crippen LogP contribution in [0.3, 0.4) is 0 Å². The number of carbonyl (C=O) groups excluding carboxylic acids is 1. The molecule has 4 saturated carbocycles. The summed E-state index contributed by atoms with van der Waals surface area (Å²) >= 11 is 2.27. The van der Waals surface area contributed by atoms with E-state index in [0.29, 0.717) is 10.2 Å². The van der Waals surface area contributed by atoms with Gasteiger partial charge in [0, 0.05) is 22.3 Å². The average Bonchev–Trinajstić information content (AvgIpc) is 3.06. The van der Waals surface area contributed by atoms with Crippen molar-refractivity contribution in [1.29, 1.82) is 0 Å². The number of hydrogen-bond donors (Lipinski definition) is 0. The molecule has 0 unspecified atom stereocenters. The van der Waals surface area contributed by atoms with Crippen LogP contribution in [0.25, 0.3) is 0 Å². The van der Waals surface area contributed by atoms with E-state index in [1.54, 1.807) is 6.92 Å². The minimum Gasteiger partial charge on any atom is -0.462 e. The Bertz CT molecular complexity index is 605. The second kappa shape index (κ2) is 5.20. The molecule has 5 rings (SSSR count). The highest BCUT2D eigenvalue weighted by Crippen LogP contribution is 2.73. The molecule has 0 radical (unpaired) electrons. The monoisotopic (exact) mass is 362 g/mol. The molecule has 1 aliphatic heterocycles. The van der Waals surface area contributed by atoms with E-state index in [1.807, 2.05) is 0 Å². The molecule has 1 heterocycles. The molecule has 25 heavy (non-hydrogen) atoms.